The maximum absolute atomic E-state index is 12.5. The van der Waals surface area contributed by atoms with Crippen molar-refractivity contribution >= 4 is 11.6 Å². The van der Waals surface area contributed by atoms with Crippen LogP contribution in [0.3, 0.4) is 0 Å². The molecule has 0 saturated heterocycles. The standard InChI is InChI=1S/C20H24N2O2/c1-15-6-2-5-9-18(15)21-20(24)14-22(12-13-23)19-11-10-16-7-3-4-8-17(16)19/h2-9,19,23H,10-14H2,1H3,(H,21,24). The molecule has 24 heavy (non-hydrogen) atoms. The summed E-state index contributed by atoms with van der Waals surface area (Å²) in [5.41, 5.74) is 4.53. The second-order valence-electron chi connectivity index (χ2n) is 6.31. The van der Waals surface area contributed by atoms with E-state index in [1.54, 1.807) is 0 Å². The van der Waals surface area contributed by atoms with Gasteiger partial charge in [-0.1, -0.05) is 42.5 Å². The molecule has 1 amide bonds. The second-order valence-corrected chi connectivity index (χ2v) is 6.31. The summed E-state index contributed by atoms with van der Waals surface area (Å²) in [5.74, 6) is -0.0397. The van der Waals surface area contributed by atoms with Crippen LogP contribution in [0.25, 0.3) is 0 Å². The number of carbonyl (C=O) groups is 1. The van der Waals surface area contributed by atoms with E-state index in [-0.39, 0.29) is 25.1 Å². The quantitative estimate of drug-likeness (QED) is 0.859. The van der Waals surface area contributed by atoms with Crippen molar-refractivity contribution < 1.29 is 9.90 Å². The molecule has 0 heterocycles. The number of hydrogen-bond acceptors (Lipinski definition) is 3. The first-order valence-corrected chi connectivity index (χ1v) is 8.47. The highest BCUT2D eigenvalue weighted by atomic mass is 16.3. The number of carbonyl (C=O) groups excluding carboxylic acids is 1. The van der Waals surface area contributed by atoms with Crippen LogP contribution in [0.2, 0.25) is 0 Å². The second kappa shape index (κ2) is 7.60. The lowest BCUT2D eigenvalue weighted by molar-refractivity contribution is -0.118. The number of rotatable bonds is 6. The van der Waals surface area contributed by atoms with Gasteiger partial charge in [0.2, 0.25) is 5.91 Å². The van der Waals surface area contributed by atoms with Crippen molar-refractivity contribution in [2.45, 2.75) is 25.8 Å². The van der Waals surface area contributed by atoms with Crippen molar-refractivity contribution in [1.29, 1.82) is 0 Å². The number of anilines is 1. The molecule has 1 unspecified atom stereocenters. The zero-order valence-electron chi connectivity index (χ0n) is 14.0. The van der Waals surface area contributed by atoms with E-state index < -0.39 is 0 Å². The molecule has 3 rings (SSSR count). The van der Waals surface area contributed by atoms with E-state index in [9.17, 15) is 9.90 Å². The molecule has 0 spiro atoms. The molecule has 4 heteroatoms. The number of hydrogen-bond donors (Lipinski definition) is 2. The Labute approximate surface area is 143 Å². The highest BCUT2D eigenvalue weighted by Crippen LogP contribution is 2.35. The molecule has 0 fully saturated rings. The number of fused-ring (bicyclic) bond motifs is 1. The third kappa shape index (κ3) is 3.66. The fourth-order valence-electron chi connectivity index (χ4n) is 3.47. The lowest BCUT2D eigenvalue weighted by atomic mass is 10.1. The van der Waals surface area contributed by atoms with Crippen LogP contribution < -0.4 is 5.32 Å². The summed E-state index contributed by atoms with van der Waals surface area (Å²) in [5, 5.41) is 12.4. The monoisotopic (exact) mass is 324 g/mol. The highest BCUT2D eigenvalue weighted by Gasteiger charge is 2.28. The fourth-order valence-corrected chi connectivity index (χ4v) is 3.47. The largest absolute Gasteiger partial charge is 0.395 e. The predicted molar refractivity (Wildman–Crippen MR) is 96.0 cm³/mol. The summed E-state index contributed by atoms with van der Waals surface area (Å²) in [4.78, 5) is 14.6. The molecule has 4 nitrogen and oxygen atoms in total. The average Bonchev–Trinajstić information content (AvgIpc) is 3.00. The molecule has 126 valence electrons. The number of para-hydroxylation sites is 1. The van der Waals surface area contributed by atoms with Crippen molar-refractivity contribution in [3.63, 3.8) is 0 Å². The summed E-state index contributed by atoms with van der Waals surface area (Å²) in [6, 6.07) is 16.4. The van der Waals surface area contributed by atoms with Gasteiger partial charge in [0.1, 0.15) is 0 Å². The number of nitrogens with one attached hydrogen (secondary N) is 1. The maximum atomic E-state index is 12.5. The lowest BCUT2D eigenvalue weighted by Gasteiger charge is -2.28. The summed E-state index contributed by atoms with van der Waals surface area (Å²) >= 11 is 0. The Hall–Kier alpha value is -2.17. The maximum Gasteiger partial charge on any atom is 0.238 e. The Morgan fingerprint density at radius 2 is 1.96 bits per heavy atom. The van der Waals surface area contributed by atoms with Crippen LogP contribution in [-0.2, 0) is 11.2 Å². The SMILES string of the molecule is Cc1ccccc1NC(=O)CN(CCO)C1CCc2ccccc21. The van der Waals surface area contributed by atoms with Crippen LogP contribution in [0.1, 0.15) is 29.2 Å². The molecule has 0 bridgehead atoms. The summed E-state index contributed by atoms with van der Waals surface area (Å²) < 4.78 is 0. The Balaban J connectivity index is 1.71. The van der Waals surface area contributed by atoms with Gasteiger partial charge in [-0.05, 0) is 42.5 Å². The van der Waals surface area contributed by atoms with E-state index in [2.05, 4.69) is 28.4 Å². The van der Waals surface area contributed by atoms with E-state index in [4.69, 9.17) is 0 Å². The van der Waals surface area contributed by atoms with Gasteiger partial charge in [0.05, 0.1) is 13.2 Å². The molecule has 2 N–H and O–H groups in total. The van der Waals surface area contributed by atoms with Crippen LogP contribution in [0.15, 0.2) is 48.5 Å². The minimum atomic E-state index is -0.0397. The Morgan fingerprint density at radius 3 is 2.75 bits per heavy atom. The van der Waals surface area contributed by atoms with Crippen molar-refractivity contribution in [3.8, 4) is 0 Å². The van der Waals surface area contributed by atoms with Crippen LogP contribution >= 0.6 is 0 Å². The number of amides is 1. The molecule has 2 aromatic rings. The molecule has 0 aliphatic heterocycles. The van der Waals surface area contributed by atoms with Crippen LogP contribution in [0.4, 0.5) is 5.69 Å². The van der Waals surface area contributed by atoms with E-state index >= 15 is 0 Å². The van der Waals surface area contributed by atoms with Crippen molar-refractivity contribution in [1.82, 2.24) is 4.90 Å². The highest BCUT2D eigenvalue weighted by molar-refractivity contribution is 5.93. The Kier molecular flexibility index (Phi) is 5.28. The van der Waals surface area contributed by atoms with E-state index in [0.29, 0.717) is 6.54 Å². The minimum Gasteiger partial charge on any atom is -0.395 e. The molecule has 0 aromatic heterocycles. The number of aliphatic hydroxyl groups excluding tert-OH is 1. The van der Waals surface area contributed by atoms with Crippen molar-refractivity contribution in [3.05, 3.63) is 65.2 Å². The van der Waals surface area contributed by atoms with Gasteiger partial charge < -0.3 is 10.4 Å². The summed E-state index contributed by atoms with van der Waals surface area (Å²) in [6.07, 6.45) is 2.03. The third-order valence-corrected chi connectivity index (χ3v) is 4.70. The zero-order valence-corrected chi connectivity index (χ0v) is 14.0. The molecule has 0 radical (unpaired) electrons. The van der Waals surface area contributed by atoms with Gasteiger partial charge in [0.25, 0.3) is 0 Å². The first kappa shape index (κ1) is 16.7. The summed E-state index contributed by atoms with van der Waals surface area (Å²) in [7, 11) is 0. The van der Waals surface area contributed by atoms with Gasteiger partial charge in [-0.15, -0.1) is 0 Å². The predicted octanol–water partition coefficient (Wildman–Crippen LogP) is 2.92. The van der Waals surface area contributed by atoms with Gasteiger partial charge in [-0.25, -0.2) is 0 Å². The van der Waals surface area contributed by atoms with Crippen LogP contribution in [0.5, 0.6) is 0 Å². The van der Waals surface area contributed by atoms with Gasteiger partial charge in [0.15, 0.2) is 0 Å². The van der Waals surface area contributed by atoms with Gasteiger partial charge in [-0.2, -0.15) is 0 Å². The number of aliphatic hydroxyl groups is 1. The summed E-state index contributed by atoms with van der Waals surface area (Å²) in [6.45, 7) is 2.82. The average molecular weight is 324 g/mol. The minimum absolute atomic E-state index is 0.0397. The zero-order chi connectivity index (χ0) is 16.9. The van der Waals surface area contributed by atoms with E-state index in [1.165, 1.54) is 11.1 Å². The number of nitrogens with zero attached hydrogens (tertiary/aromatic N) is 1. The normalized spacial score (nSPS) is 16.2. The van der Waals surface area contributed by atoms with Gasteiger partial charge in [-0.3, -0.25) is 9.69 Å². The van der Waals surface area contributed by atoms with Gasteiger partial charge >= 0.3 is 0 Å². The topological polar surface area (TPSA) is 52.6 Å². The molecule has 0 saturated carbocycles. The molecule has 1 aliphatic rings. The molecule has 1 aliphatic carbocycles. The molecule has 1 atom stereocenters. The fraction of sp³-hybridized carbons (Fsp3) is 0.350. The van der Waals surface area contributed by atoms with E-state index in [0.717, 1.165) is 24.1 Å². The molecular weight excluding hydrogens is 300 g/mol. The molecule has 2 aromatic carbocycles. The van der Waals surface area contributed by atoms with Crippen LogP contribution in [-0.4, -0.2) is 35.6 Å². The van der Waals surface area contributed by atoms with E-state index in [1.807, 2.05) is 37.3 Å². The van der Waals surface area contributed by atoms with Crippen molar-refractivity contribution in [2.24, 2.45) is 0 Å². The number of benzene rings is 2. The smallest absolute Gasteiger partial charge is 0.238 e. The first-order valence-electron chi connectivity index (χ1n) is 8.47. The van der Waals surface area contributed by atoms with Gasteiger partial charge in [0, 0.05) is 18.3 Å². The Morgan fingerprint density at radius 1 is 1.21 bits per heavy atom. The number of aryl methyl sites for hydroxylation is 2. The third-order valence-electron chi connectivity index (χ3n) is 4.70. The van der Waals surface area contributed by atoms with Crippen molar-refractivity contribution in [2.75, 3.05) is 25.0 Å². The van der Waals surface area contributed by atoms with Crippen LogP contribution in [0, 0.1) is 6.92 Å². The molecular formula is C20H24N2O2. The Bertz CT molecular complexity index is 714. The first-order chi connectivity index (χ1) is 11.7. The lowest BCUT2D eigenvalue weighted by Crippen LogP contribution is -2.37.